The van der Waals surface area contributed by atoms with Crippen LogP contribution in [-0.2, 0) is 0 Å². The number of hydrogen-bond acceptors (Lipinski definition) is 4. The van der Waals surface area contributed by atoms with Gasteiger partial charge >= 0.3 is 0 Å². The predicted octanol–water partition coefficient (Wildman–Crippen LogP) is 7.05. The summed E-state index contributed by atoms with van der Waals surface area (Å²) in [5, 5.41) is 1.28. The number of rotatable bonds is 4. The van der Waals surface area contributed by atoms with Crippen LogP contribution in [0.1, 0.15) is 0 Å². The Kier molecular flexibility index (Phi) is 5.58. The second-order valence-corrected chi connectivity index (χ2v) is 6.93. The van der Waals surface area contributed by atoms with Crippen LogP contribution in [0.25, 0.3) is 0 Å². The van der Waals surface area contributed by atoms with Gasteiger partial charge in [0.15, 0.2) is 11.5 Å². The van der Waals surface area contributed by atoms with Crippen LogP contribution in [0.3, 0.4) is 0 Å². The highest BCUT2D eigenvalue weighted by molar-refractivity contribution is 6.36. The van der Waals surface area contributed by atoms with Crippen LogP contribution in [0.2, 0.25) is 20.1 Å². The molecule has 0 amide bonds. The van der Waals surface area contributed by atoms with Crippen molar-refractivity contribution in [2.24, 2.45) is 0 Å². The molecule has 26 heavy (non-hydrogen) atoms. The van der Waals surface area contributed by atoms with Crippen LogP contribution in [-0.4, -0.2) is 0 Å². The highest BCUT2D eigenvalue weighted by Gasteiger charge is 2.16. The summed E-state index contributed by atoms with van der Waals surface area (Å²) in [6.07, 6.45) is 0. The van der Waals surface area contributed by atoms with E-state index in [1.165, 1.54) is 12.1 Å². The van der Waals surface area contributed by atoms with E-state index >= 15 is 0 Å². The molecule has 0 bridgehead atoms. The van der Waals surface area contributed by atoms with Crippen LogP contribution in [0.4, 0.5) is 11.4 Å². The number of anilines is 2. The molecular weight excluding hydrogens is 418 g/mol. The molecular formula is C18H12Cl4N2O2. The molecule has 3 aromatic rings. The number of nitrogen functional groups attached to an aromatic ring is 2. The molecule has 0 saturated heterocycles. The fourth-order valence-electron chi connectivity index (χ4n) is 2.12. The van der Waals surface area contributed by atoms with E-state index in [1.54, 1.807) is 36.4 Å². The summed E-state index contributed by atoms with van der Waals surface area (Å²) in [6.45, 7) is 0. The molecule has 3 aromatic carbocycles. The van der Waals surface area contributed by atoms with Gasteiger partial charge in [-0.15, -0.1) is 0 Å². The minimum Gasteiger partial charge on any atom is -0.454 e. The first-order valence-corrected chi connectivity index (χ1v) is 8.79. The number of hydrogen-bond donors (Lipinski definition) is 2. The van der Waals surface area contributed by atoms with Crippen molar-refractivity contribution in [2.45, 2.75) is 0 Å². The van der Waals surface area contributed by atoms with Gasteiger partial charge in [-0.25, -0.2) is 0 Å². The highest BCUT2D eigenvalue weighted by atomic mass is 35.5. The van der Waals surface area contributed by atoms with Crippen molar-refractivity contribution in [1.29, 1.82) is 0 Å². The molecule has 0 aliphatic heterocycles. The standard InChI is InChI=1S/C18H12Cl4N2O2/c19-9-5-16(25-14-7-10(23)1-3-12(14)20)18(22)17(6-9)26-15-8-11(24)2-4-13(15)21/h1-8H,23-24H2. The third kappa shape index (κ3) is 4.22. The van der Waals surface area contributed by atoms with Gasteiger partial charge in [0.2, 0.25) is 0 Å². The molecule has 0 fully saturated rings. The Morgan fingerprint density at radius 1 is 0.577 bits per heavy atom. The molecule has 0 atom stereocenters. The van der Waals surface area contributed by atoms with Crippen LogP contribution < -0.4 is 20.9 Å². The Hall–Kier alpha value is -1.98. The Labute approximate surface area is 170 Å². The molecule has 0 aromatic heterocycles. The molecule has 134 valence electrons. The maximum atomic E-state index is 6.41. The maximum Gasteiger partial charge on any atom is 0.151 e. The summed E-state index contributed by atoms with van der Waals surface area (Å²) < 4.78 is 11.5. The quantitative estimate of drug-likeness (QED) is 0.436. The summed E-state index contributed by atoms with van der Waals surface area (Å²) in [5.74, 6) is 1.18. The number of ether oxygens (including phenoxy) is 2. The highest BCUT2D eigenvalue weighted by Crippen LogP contribution is 2.44. The zero-order valence-corrected chi connectivity index (χ0v) is 16.1. The third-order valence-corrected chi connectivity index (χ3v) is 4.54. The fraction of sp³-hybridized carbons (Fsp3) is 0. The van der Waals surface area contributed by atoms with E-state index < -0.39 is 0 Å². The first kappa shape index (κ1) is 18.8. The van der Waals surface area contributed by atoms with Gasteiger partial charge in [0.25, 0.3) is 0 Å². The third-order valence-electron chi connectivity index (χ3n) is 3.32. The lowest BCUT2D eigenvalue weighted by Gasteiger charge is -2.14. The smallest absolute Gasteiger partial charge is 0.151 e. The first-order chi connectivity index (χ1) is 12.3. The van der Waals surface area contributed by atoms with Gasteiger partial charge in [-0.1, -0.05) is 46.4 Å². The normalized spacial score (nSPS) is 10.6. The molecule has 0 aliphatic carbocycles. The van der Waals surface area contributed by atoms with Crippen molar-refractivity contribution < 1.29 is 9.47 Å². The topological polar surface area (TPSA) is 70.5 Å². The van der Waals surface area contributed by atoms with E-state index in [0.29, 0.717) is 37.9 Å². The van der Waals surface area contributed by atoms with E-state index in [4.69, 9.17) is 67.3 Å². The SMILES string of the molecule is Nc1ccc(Cl)c(Oc2cc(Cl)cc(Oc3cc(N)ccc3Cl)c2Cl)c1. The van der Waals surface area contributed by atoms with Gasteiger partial charge < -0.3 is 20.9 Å². The summed E-state index contributed by atoms with van der Waals surface area (Å²) in [6, 6.07) is 12.8. The van der Waals surface area contributed by atoms with Crippen LogP contribution in [0.5, 0.6) is 23.0 Å². The maximum absolute atomic E-state index is 6.41. The minimum atomic E-state index is 0.186. The van der Waals surface area contributed by atoms with Gasteiger partial charge in [-0.3, -0.25) is 0 Å². The van der Waals surface area contributed by atoms with Gasteiger partial charge in [-0.2, -0.15) is 0 Å². The van der Waals surface area contributed by atoms with Crippen molar-refractivity contribution in [3.63, 3.8) is 0 Å². The zero-order chi connectivity index (χ0) is 18.8. The number of benzene rings is 3. The Bertz CT molecular complexity index is 905. The van der Waals surface area contributed by atoms with Gasteiger partial charge in [0, 0.05) is 40.7 Å². The second kappa shape index (κ2) is 7.72. The van der Waals surface area contributed by atoms with E-state index in [0.717, 1.165) is 0 Å². The van der Waals surface area contributed by atoms with Gasteiger partial charge in [0.05, 0.1) is 10.0 Å². The Morgan fingerprint density at radius 3 is 1.42 bits per heavy atom. The molecule has 8 heteroatoms. The Morgan fingerprint density at radius 2 is 1.00 bits per heavy atom. The monoisotopic (exact) mass is 428 g/mol. The molecule has 0 aliphatic rings. The average Bonchev–Trinajstić information content (AvgIpc) is 2.58. The number of nitrogens with two attached hydrogens (primary N) is 2. The van der Waals surface area contributed by atoms with Crippen LogP contribution in [0, 0.1) is 0 Å². The minimum absolute atomic E-state index is 0.186. The Balaban J connectivity index is 1.98. The second-order valence-electron chi connectivity index (χ2n) is 5.30. The van der Waals surface area contributed by atoms with Crippen molar-refractivity contribution >= 4 is 57.8 Å². The van der Waals surface area contributed by atoms with Crippen molar-refractivity contribution in [1.82, 2.24) is 0 Å². The molecule has 4 N–H and O–H groups in total. The molecule has 3 rings (SSSR count). The lowest BCUT2D eigenvalue weighted by molar-refractivity contribution is 0.461. The lowest BCUT2D eigenvalue weighted by Crippen LogP contribution is -1.93. The van der Waals surface area contributed by atoms with Gasteiger partial charge in [-0.05, 0) is 24.3 Å². The van der Waals surface area contributed by atoms with Crippen LogP contribution in [0.15, 0.2) is 48.5 Å². The zero-order valence-electron chi connectivity index (χ0n) is 13.1. The van der Waals surface area contributed by atoms with Crippen molar-refractivity contribution in [3.8, 4) is 23.0 Å². The largest absolute Gasteiger partial charge is 0.454 e. The average molecular weight is 430 g/mol. The van der Waals surface area contributed by atoms with E-state index in [-0.39, 0.29) is 16.5 Å². The molecule has 0 heterocycles. The van der Waals surface area contributed by atoms with Crippen molar-refractivity contribution in [2.75, 3.05) is 11.5 Å². The molecule has 0 unspecified atom stereocenters. The van der Waals surface area contributed by atoms with E-state index in [9.17, 15) is 0 Å². The summed E-state index contributed by atoms with van der Waals surface area (Å²) >= 11 is 24.8. The summed E-state index contributed by atoms with van der Waals surface area (Å²) in [7, 11) is 0. The predicted molar refractivity (Wildman–Crippen MR) is 108 cm³/mol. The summed E-state index contributed by atoms with van der Waals surface area (Å²) in [5.41, 5.74) is 12.5. The summed E-state index contributed by atoms with van der Waals surface area (Å²) in [4.78, 5) is 0. The molecule has 0 spiro atoms. The van der Waals surface area contributed by atoms with Crippen molar-refractivity contribution in [3.05, 3.63) is 68.6 Å². The van der Waals surface area contributed by atoms with E-state index in [2.05, 4.69) is 0 Å². The molecule has 4 nitrogen and oxygen atoms in total. The number of halogens is 4. The molecule has 0 saturated carbocycles. The van der Waals surface area contributed by atoms with Crippen LogP contribution >= 0.6 is 46.4 Å². The molecule has 0 radical (unpaired) electrons. The lowest BCUT2D eigenvalue weighted by atomic mass is 10.2. The fourth-order valence-corrected chi connectivity index (χ4v) is 2.82. The first-order valence-electron chi connectivity index (χ1n) is 7.28. The van der Waals surface area contributed by atoms with E-state index in [1.807, 2.05) is 0 Å². The van der Waals surface area contributed by atoms with Gasteiger partial charge in [0.1, 0.15) is 16.5 Å².